The summed E-state index contributed by atoms with van der Waals surface area (Å²) in [6, 6.07) is 6.76. The number of halogens is 1. The molecule has 0 bridgehead atoms. The van der Waals surface area contributed by atoms with Crippen LogP contribution in [-0.4, -0.2) is 35.1 Å². The van der Waals surface area contributed by atoms with Crippen LogP contribution in [0.1, 0.15) is 13.3 Å². The van der Waals surface area contributed by atoms with Gasteiger partial charge < -0.3 is 15.3 Å². The topological polar surface area (TPSA) is 69.6 Å². The number of carboxylic acid groups (broad SMARTS) is 1. The summed E-state index contributed by atoms with van der Waals surface area (Å²) in [5, 5.41) is 11.4. The molecule has 5 nitrogen and oxygen atoms in total. The molecule has 1 aromatic rings. The van der Waals surface area contributed by atoms with E-state index >= 15 is 0 Å². The van der Waals surface area contributed by atoms with Gasteiger partial charge in [0.2, 0.25) is 0 Å². The highest BCUT2D eigenvalue weighted by Gasteiger charge is 2.16. The number of benzene rings is 1. The summed E-state index contributed by atoms with van der Waals surface area (Å²) >= 11 is 3.31. The SMILES string of the molecule is CCCN(CC(=O)O)C(=O)Nc1ccccc1Br. The number of urea groups is 1. The summed E-state index contributed by atoms with van der Waals surface area (Å²) in [6.07, 6.45) is 0.705. The fourth-order valence-corrected chi connectivity index (χ4v) is 1.83. The Kier molecular flexibility index (Phi) is 5.64. The number of nitrogens with one attached hydrogen (secondary N) is 1. The molecule has 0 saturated heterocycles. The lowest BCUT2D eigenvalue weighted by molar-refractivity contribution is -0.137. The molecule has 0 unspecified atom stereocenters. The van der Waals surface area contributed by atoms with E-state index in [1.807, 2.05) is 13.0 Å². The summed E-state index contributed by atoms with van der Waals surface area (Å²) < 4.78 is 0.755. The minimum Gasteiger partial charge on any atom is -0.480 e. The Bertz CT molecular complexity index is 437. The third-order valence-corrected chi connectivity index (χ3v) is 2.91. The molecule has 2 amide bonds. The van der Waals surface area contributed by atoms with Crippen molar-refractivity contribution in [2.24, 2.45) is 0 Å². The van der Waals surface area contributed by atoms with Crippen LogP contribution in [0.4, 0.5) is 10.5 Å². The van der Waals surface area contributed by atoms with Gasteiger partial charge in [-0.2, -0.15) is 0 Å². The molecular formula is C12H15BrN2O3. The number of amides is 2. The number of rotatable bonds is 5. The van der Waals surface area contributed by atoms with E-state index in [1.165, 1.54) is 4.90 Å². The first-order valence-electron chi connectivity index (χ1n) is 5.56. The summed E-state index contributed by atoms with van der Waals surface area (Å²) in [7, 11) is 0. The molecule has 0 spiro atoms. The van der Waals surface area contributed by atoms with Crippen molar-refractivity contribution < 1.29 is 14.7 Å². The van der Waals surface area contributed by atoms with Crippen LogP contribution in [-0.2, 0) is 4.79 Å². The van der Waals surface area contributed by atoms with Gasteiger partial charge >= 0.3 is 12.0 Å². The largest absolute Gasteiger partial charge is 0.480 e. The number of para-hydroxylation sites is 1. The van der Waals surface area contributed by atoms with E-state index < -0.39 is 12.0 Å². The minimum absolute atomic E-state index is 0.301. The highest BCUT2D eigenvalue weighted by molar-refractivity contribution is 9.10. The molecule has 18 heavy (non-hydrogen) atoms. The normalized spacial score (nSPS) is 9.89. The number of hydrogen-bond acceptors (Lipinski definition) is 2. The third kappa shape index (κ3) is 4.37. The van der Waals surface area contributed by atoms with Crippen molar-refractivity contribution in [3.05, 3.63) is 28.7 Å². The quantitative estimate of drug-likeness (QED) is 0.878. The predicted molar refractivity (Wildman–Crippen MR) is 72.7 cm³/mol. The smallest absolute Gasteiger partial charge is 0.323 e. The van der Waals surface area contributed by atoms with E-state index in [-0.39, 0.29) is 6.54 Å². The monoisotopic (exact) mass is 314 g/mol. The average Bonchev–Trinajstić information content (AvgIpc) is 2.31. The van der Waals surface area contributed by atoms with Gasteiger partial charge in [0.1, 0.15) is 6.54 Å². The molecule has 0 aliphatic carbocycles. The Morgan fingerprint density at radius 1 is 1.39 bits per heavy atom. The molecule has 0 aliphatic rings. The molecule has 0 fully saturated rings. The lowest BCUT2D eigenvalue weighted by Crippen LogP contribution is -2.39. The Labute approximate surface area is 114 Å². The van der Waals surface area contributed by atoms with Crippen molar-refractivity contribution in [3.8, 4) is 0 Å². The van der Waals surface area contributed by atoms with Crippen molar-refractivity contribution in [1.29, 1.82) is 0 Å². The summed E-state index contributed by atoms with van der Waals surface area (Å²) in [5.74, 6) is -1.02. The van der Waals surface area contributed by atoms with Crippen LogP contribution in [0.25, 0.3) is 0 Å². The van der Waals surface area contributed by atoms with Crippen LogP contribution < -0.4 is 5.32 Å². The predicted octanol–water partition coefficient (Wildman–Crippen LogP) is 2.78. The van der Waals surface area contributed by atoms with Gasteiger partial charge in [-0.25, -0.2) is 4.79 Å². The molecule has 0 radical (unpaired) electrons. The van der Waals surface area contributed by atoms with Crippen molar-refractivity contribution >= 4 is 33.6 Å². The number of carboxylic acids is 1. The van der Waals surface area contributed by atoms with Gasteiger partial charge in [-0.05, 0) is 34.5 Å². The van der Waals surface area contributed by atoms with Crippen molar-refractivity contribution in [3.63, 3.8) is 0 Å². The number of anilines is 1. The second kappa shape index (κ2) is 7.00. The molecule has 98 valence electrons. The Balaban J connectivity index is 2.72. The van der Waals surface area contributed by atoms with Crippen LogP contribution in [0.3, 0.4) is 0 Å². The van der Waals surface area contributed by atoms with Gasteiger partial charge in [-0.1, -0.05) is 19.1 Å². The highest BCUT2D eigenvalue weighted by Crippen LogP contribution is 2.21. The maximum Gasteiger partial charge on any atom is 0.323 e. The number of aliphatic carboxylic acids is 1. The summed E-state index contributed by atoms with van der Waals surface area (Å²) in [6.45, 7) is 1.99. The lowest BCUT2D eigenvalue weighted by Gasteiger charge is -2.20. The van der Waals surface area contributed by atoms with Crippen LogP contribution >= 0.6 is 15.9 Å². The molecule has 2 N–H and O–H groups in total. The zero-order valence-corrected chi connectivity index (χ0v) is 11.6. The first-order chi connectivity index (χ1) is 8.54. The van der Waals surface area contributed by atoms with Crippen molar-refractivity contribution in [2.75, 3.05) is 18.4 Å². The zero-order valence-electron chi connectivity index (χ0n) is 10.0. The van der Waals surface area contributed by atoms with Gasteiger partial charge in [0.25, 0.3) is 0 Å². The van der Waals surface area contributed by atoms with E-state index in [2.05, 4.69) is 21.2 Å². The van der Waals surface area contributed by atoms with Crippen LogP contribution in [0.15, 0.2) is 28.7 Å². The second-order valence-electron chi connectivity index (χ2n) is 3.73. The summed E-state index contributed by atoms with van der Waals surface area (Å²) in [5.41, 5.74) is 0.619. The molecule has 0 saturated carbocycles. The van der Waals surface area contributed by atoms with Crippen molar-refractivity contribution in [2.45, 2.75) is 13.3 Å². The lowest BCUT2D eigenvalue weighted by atomic mass is 10.3. The van der Waals surface area contributed by atoms with E-state index in [1.54, 1.807) is 18.2 Å². The maximum atomic E-state index is 11.9. The number of carbonyl (C=O) groups is 2. The molecular weight excluding hydrogens is 300 g/mol. The molecule has 0 atom stereocenters. The number of carbonyl (C=O) groups excluding carboxylic acids is 1. The molecule has 0 heterocycles. The van der Waals surface area contributed by atoms with Gasteiger partial charge in [0.05, 0.1) is 5.69 Å². The van der Waals surface area contributed by atoms with E-state index in [9.17, 15) is 9.59 Å². The average molecular weight is 315 g/mol. The van der Waals surface area contributed by atoms with Crippen molar-refractivity contribution in [1.82, 2.24) is 4.90 Å². The number of hydrogen-bond donors (Lipinski definition) is 2. The molecule has 6 heteroatoms. The zero-order chi connectivity index (χ0) is 13.5. The minimum atomic E-state index is -1.02. The number of nitrogens with zero attached hydrogens (tertiary/aromatic N) is 1. The fourth-order valence-electron chi connectivity index (χ4n) is 1.44. The van der Waals surface area contributed by atoms with E-state index in [4.69, 9.17) is 5.11 Å². The van der Waals surface area contributed by atoms with Crippen LogP contribution in [0, 0.1) is 0 Å². The van der Waals surface area contributed by atoms with Gasteiger partial charge in [-0.15, -0.1) is 0 Å². The maximum absolute atomic E-state index is 11.9. The molecule has 1 rings (SSSR count). The highest BCUT2D eigenvalue weighted by atomic mass is 79.9. The second-order valence-corrected chi connectivity index (χ2v) is 4.58. The van der Waals surface area contributed by atoms with E-state index in [0.717, 1.165) is 4.47 Å². The first-order valence-corrected chi connectivity index (χ1v) is 6.36. The van der Waals surface area contributed by atoms with Gasteiger partial charge in [-0.3, -0.25) is 4.79 Å². The van der Waals surface area contributed by atoms with Gasteiger partial charge in [0.15, 0.2) is 0 Å². The Morgan fingerprint density at radius 2 is 2.06 bits per heavy atom. The molecule has 0 aliphatic heterocycles. The third-order valence-electron chi connectivity index (χ3n) is 2.22. The first kappa shape index (κ1) is 14.5. The fraction of sp³-hybridized carbons (Fsp3) is 0.333. The van der Waals surface area contributed by atoms with Crippen LogP contribution in [0.5, 0.6) is 0 Å². The standard InChI is InChI=1S/C12H15BrN2O3/c1-2-7-15(8-11(16)17)12(18)14-10-6-4-3-5-9(10)13/h3-6H,2,7-8H2,1H3,(H,14,18)(H,16,17). The van der Waals surface area contributed by atoms with Crippen LogP contribution in [0.2, 0.25) is 0 Å². The van der Waals surface area contributed by atoms with Gasteiger partial charge in [0, 0.05) is 11.0 Å². The Morgan fingerprint density at radius 3 is 2.61 bits per heavy atom. The summed E-state index contributed by atoms with van der Waals surface area (Å²) in [4.78, 5) is 23.9. The van der Waals surface area contributed by atoms with E-state index in [0.29, 0.717) is 18.7 Å². The Hall–Kier alpha value is -1.56. The molecule has 0 aromatic heterocycles. The molecule has 1 aromatic carbocycles.